The Morgan fingerprint density at radius 1 is 1.20 bits per heavy atom. The summed E-state index contributed by atoms with van der Waals surface area (Å²) >= 11 is 0. The zero-order chi connectivity index (χ0) is 14.5. The van der Waals surface area contributed by atoms with E-state index in [1.54, 1.807) is 17.1 Å². The van der Waals surface area contributed by atoms with E-state index in [0.29, 0.717) is 24.7 Å². The van der Waals surface area contributed by atoms with Crippen molar-refractivity contribution in [3.63, 3.8) is 0 Å². The van der Waals surface area contributed by atoms with Gasteiger partial charge in [0.2, 0.25) is 0 Å². The molecule has 0 aliphatic carbocycles. The van der Waals surface area contributed by atoms with Crippen molar-refractivity contribution in [2.45, 2.75) is 20.0 Å². The fourth-order valence-electron chi connectivity index (χ4n) is 2.04. The molecule has 0 saturated carbocycles. The second kappa shape index (κ2) is 6.43. The smallest absolute Gasteiger partial charge is 0.161 e. The summed E-state index contributed by atoms with van der Waals surface area (Å²) in [5.41, 5.74) is 1.48. The van der Waals surface area contributed by atoms with Gasteiger partial charge in [-0.2, -0.15) is 0 Å². The molecule has 2 aromatic rings. The van der Waals surface area contributed by atoms with E-state index < -0.39 is 6.10 Å². The lowest BCUT2D eigenvalue weighted by molar-refractivity contribution is 0.210. The van der Waals surface area contributed by atoms with E-state index in [9.17, 15) is 5.11 Å². The SMILES string of the molecule is CCOc1ccc(C(O)c2cncn2C)cc1OCC. The highest BCUT2D eigenvalue weighted by atomic mass is 16.5. The molecule has 5 nitrogen and oxygen atoms in total. The zero-order valence-corrected chi connectivity index (χ0v) is 12.0. The Balaban J connectivity index is 2.32. The van der Waals surface area contributed by atoms with Crippen molar-refractivity contribution in [1.82, 2.24) is 9.55 Å². The van der Waals surface area contributed by atoms with Crippen LogP contribution in [0.5, 0.6) is 11.5 Å². The monoisotopic (exact) mass is 276 g/mol. The quantitative estimate of drug-likeness (QED) is 0.879. The molecule has 1 atom stereocenters. The number of aliphatic hydroxyl groups excluding tert-OH is 1. The molecule has 1 unspecified atom stereocenters. The predicted molar refractivity (Wildman–Crippen MR) is 76.0 cm³/mol. The predicted octanol–water partition coefficient (Wildman–Crippen LogP) is 2.30. The fourth-order valence-corrected chi connectivity index (χ4v) is 2.04. The van der Waals surface area contributed by atoms with Crippen molar-refractivity contribution in [2.24, 2.45) is 7.05 Å². The van der Waals surface area contributed by atoms with Gasteiger partial charge in [0.25, 0.3) is 0 Å². The Kier molecular flexibility index (Phi) is 4.63. The fraction of sp³-hybridized carbons (Fsp3) is 0.400. The standard InChI is InChI=1S/C15H20N2O3/c1-4-19-13-7-6-11(8-14(13)20-5-2)15(18)12-9-16-10-17(12)3/h6-10,15,18H,4-5H2,1-3H3. The molecule has 2 rings (SSSR count). The van der Waals surface area contributed by atoms with Gasteiger partial charge in [0, 0.05) is 7.05 Å². The van der Waals surface area contributed by atoms with E-state index in [-0.39, 0.29) is 0 Å². The third kappa shape index (κ3) is 2.93. The topological polar surface area (TPSA) is 56.5 Å². The van der Waals surface area contributed by atoms with E-state index >= 15 is 0 Å². The second-order valence-electron chi connectivity index (χ2n) is 4.40. The van der Waals surface area contributed by atoms with Crippen molar-refractivity contribution in [2.75, 3.05) is 13.2 Å². The van der Waals surface area contributed by atoms with Crippen LogP contribution in [-0.4, -0.2) is 27.9 Å². The Morgan fingerprint density at radius 3 is 2.50 bits per heavy atom. The number of rotatable bonds is 6. The maximum Gasteiger partial charge on any atom is 0.161 e. The molecule has 20 heavy (non-hydrogen) atoms. The third-order valence-electron chi connectivity index (χ3n) is 3.02. The molecule has 1 heterocycles. The normalized spacial score (nSPS) is 12.2. The first-order valence-electron chi connectivity index (χ1n) is 6.71. The number of imidazole rings is 1. The van der Waals surface area contributed by atoms with Crippen LogP contribution in [0.2, 0.25) is 0 Å². The van der Waals surface area contributed by atoms with Gasteiger partial charge in [-0.3, -0.25) is 0 Å². The Labute approximate surface area is 118 Å². The van der Waals surface area contributed by atoms with Gasteiger partial charge in [0.1, 0.15) is 6.10 Å². The summed E-state index contributed by atoms with van der Waals surface area (Å²) in [5, 5.41) is 10.4. The zero-order valence-electron chi connectivity index (χ0n) is 12.0. The van der Waals surface area contributed by atoms with Gasteiger partial charge in [0.05, 0.1) is 31.4 Å². The molecule has 1 aromatic heterocycles. The minimum absolute atomic E-state index is 0.547. The number of benzene rings is 1. The number of nitrogens with zero attached hydrogens (tertiary/aromatic N) is 2. The van der Waals surface area contributed by atoms with Crippen molar-refractivity contribution in [1.29, 1.82) is 0 Å². The number of ether oxygens (including phenoxy) is 2. The lowest BCUT2D eigenvalue weighted by Gasteiger charge is -2.16. The van der Waals surface area contributed by atoms with Gasteiger partial charge in [-0.05, 0) is 31.5 Å². The minimum Gasteiger partial charge on any atom is -0.490 e. The first kappa shape index (κ1) is 14.4. The highest BCUT2D eigenvalue weighted by Gasteiger charge is 2.16. The van der Waals surface area contributed by atoms with Crippen LogP contribution in [0.1, 0.15) is 31.2 Å². The molecule has 1 N–H and O–H groups in total. The Hall–Kier alpha value is -2.01. The molecule has 0 aliphatic rings. The summed E-state index contributed by atoms with van der Waals surface area (Å²) in [6, 6.07) is 5.47. The van der Waals surface area contributed by atoms with Gasteiger partial charge in [-0.15, -0.1) is 0 Å². The minimum atomic E-state index is -0.739. The maximum atomic E-state index is 10.4. The molecular formula is C15H20N2O3. The van der Waals surface area contributed by atoms with Crippen LogP contribution in [0.4, 0.5) is 0 Å². The molecule has 0 spiro atoms. The third-order valence-corrected chi connectivity index (χ3v) is 3.02. The van der Waals surface area contributed by atoms with Crippen LogP contribution in [0, 0.1) is 0 Å². The molecule has 108 valence electrons. The summed E-state index contributed by atoms with van der Waals surface area (Å²) in [5.74, 6) is 1.34. The number of hydrogen-bond donors (Lipinski definition) is 1. The maximum absolute atomic E-state index is 10.4. The lowest BCUT2D eigenvalue weighted by Crippen LogP contribution is -2.06. The van der Waals surface area contributed by atoms with Gasteiger partial charge in [-0.1, -0.05) is 6.07 Å². The summed E-state index contributed by atoms with van der Waals surface area (Å²) in [6.07, 6.45) is 2.58. The molecule has 1 aromatic carbocycles. The number of aliphatic hydroxyl groups is 1. The van der Waals surface area contributed by atoms with Gasteiger partial charge < -0.3 is 19.1 Å². The number of hydrogen-bond acceptors (Lipinski definition) is 4. The molecule has 0 amide bonds. The van der Waals surface area contributed by atoms with Crippen LogP contribution in [0.25, 0.3) is 0 Å². The van der Waals surface area contributed by atoms with Crippen LogP contribution in [0.15, 0.2) is 30.7 Å². The molecule has 0 aliphatic heterocycles. The summed E-state index contributed by atoms with van der Waals surface area (Å²) in [7, 11) is 1.85. The average molecular weight is 276 g/mol. The van der Waals surface area contributed by atoms with Gasteiger partial charge in [0.15, 0.2) is 11.5 Å². The second-order valence-corrected chi connectivity index (χ2v) is 4.40. The van der Waals surface area contributed by atoms with Crippen LogP contribution < -0.4 is 9.47 Å². The number of aryl methyl sites for hydroxylation is 1. The highest BCUT2D eigenvalue weighted by Crippen LogP contribution is 2.32. The average Bonchev–Trinajstić information content (AvgIpc) is 2.86. The largest absolute Gasteiger partial charge is 0.490 e. The first-order chi connectivity index (χ1) is 9.67. The Bertz CT molecular complexity index is 566. The molecule has 0 bridgehead atoms. The van der Waals surface area contributed by atoms with E-state index in [2.05, 4.69) is 4.98 Å². The first-order valence-corrected chi connectivity index (χ1v) is 6.71. The van der Waals surface area contributed by atoms with Crippen LogP contribution in [-0.2, 0) is 7.05 Å². The molecule has 0 radical (unpaired) electrons. The molecule has 5 heteroatoms. The van der Waals surface area contributed by atoms with Crippen molar-refractivity contribution in [3.8, 4) is 11.5 Å². The van der Waals surface area contributed by atoms with Crippen molar-refractivity contribution < 1.29 is 14.6 Å². The summed E-state index contributed by atoms with van der Waals surface area (Å²) in [6.45, 7) is 4.96. The highest BCUT2D eigenvalue weighted by molar-refractivity contribution is 5.44. The van der Waals surface area contributed by atoms with Gasteiger partial charge in [-0.25, -0.2) is 4.98 Å². The van der Waals surface area contributed by atoms with Crippen LogP contribution >= 0.6 is 0 Å². The lowest BCUT2D eigenvalue weighted by atomic mass is 10.1. The van der Waals surface area contributed by atoms with E-state index in [1.165, 1.54) is 0 Å². The van der Waals surface area contributed by atoms with E-state index in [0.717, 1.165) is 11.3 Å². The summed E-state index contributed by atoms with van der Waals surface area (Å²) in [4.78, 5) is 4.02. The Morgan fingerprint density at radius 2 is 1.90 bits per heavy atom. The number of aromatic nitrogens is 2. The van der Waals surface area contributed by atoms with E-state index in [1.807, 2.05) is 39.1 Å². The molecule has 0 fully saturated rings. The van der Waals surface area contributed by atoms with E-state index in [4.69, 9.17) is 9.47 Å². The van der Waals surface area contributed by atoms with Crippen LogP contribution in [0.3, 0.4) is 0 Å². The molecular weight excluding hydrogens is 256 g/mol. The van der Waals surface area contributed by atoms with Crippen molar-refractivity contribution >= 4 is 0 Å². The molecule has 0 saturated heterocycles. The van der Waals surface area contributed by atoms with Gasteiger partial charge >= 0.3 is 0 Å². The van der Waals surface area contributed by atoms with Crippen molar-refractivity contribution in [3.05, 3.63) is 42.0 Å². The summed E-state index contributed by atoms with van der Waals surface area (Å²) < 4.78 is 12.9.